The van der Waals surface area contributed by atoms with Crippen LogP contribution in [0.4, 0.5) is 10.1 Å². The first-order chi connectivity index (χ1) is 14.3. The van der Waals surface area contributed by atoms with Crippen LogP contribution in [0, 0.1) is 5.82 Å². The molecule has 0 aliphatic carbocycles. The van der Waals surface area contributed by atoms with Crippen molar-refractivity contribution in [2.24, 2.45) is 5.73 Å². The number of hydrogen-bond acceptors (Lipinski definition) is 5. The summed E-state index contributed by atoms with van der Waals surface area (Å²) in [7, 11) is 2.82. The lowest BCUT2D eigenvalue weighted by atomic mass is 10.2. The fourth-order valence-electron chi connectivity index (χ4n) is 2.79. The Balaban J connectivity index is 1.96. The molecule has 154 valence electrons. The van der Waals surface area contributed by atoms with E-state index in [1.165, 1.54) is 49.3 Å². The molecule has 0 aliphatic rings. The summed E-state index contributed by atoms with van der Waals surface area (Å²) in [5, 5.41) is 5.07. The molecule has 4 N–H and O–H groups in total. The Morgan fingerprint density at radius 2 is 1.80 bits per heavy atom. The lowest BCUT2D eigenvalue weighted by Gasteiger charge is -2.13. The molecule has 0 radical (unpaired) electrons. The predicted octanol–water partition coefficient (Wildman–Crippen LogP) is 1.73. The summed E-state index contributed by atoms with van der Waals surface area (Å²) in [5.41, 5.74) is 6.28. The highest BCUT2D eigenvalue weighted by Gasteiger charge is 2.23. The fraction of sp³-hybridized carbons (Fsp3) is 0.100. The van der Waals surface area contributed by atoms with Crippen molar-refractivity contribution < 1.29 is 23.5 Å². The zero-order valence-electron chi connectivity index (χ0n) is 16.1. The van der Waals surface area contributed by atoms with Crippen LogP contribution in [0.5, 0.6) is 5.75 Å². The maximum Gasteiger partial charge on any atom is 0.272 e. The van der Waals surface area contributed by atoms with Crippen LogP contribution in [0.3, 0.4) is 0 Å². The van der Waals surface area contributed by atoms with E-state index in [0.29, 0.717) is 11.4 Å². The predicted molar refractivity (Wildman–Crippen MR) is 106 cm³/mol. The van der Waals surface area contributed by atoms with Crippen molar-refractivity contribution >= 4 is 23.4 Å². The van der Waals surface area contributed by atoms with E-state index >= 15 is 0 Å². The summed E-state index contributed by atoms with van der Waals surface area (Å²) in [5.74, 6) is -2.01. The maximum absolute atomic E-state index is 13.0. The lowest BCUT2D eigenvalue weighted by molar-refractivity contribution is 0.0937. The van der Waals surface area contributed by atoms with Gasteiger partial charge in [-0.3, -0.25) is 19.0 Å². The maximum atomic E-state index is 13.0. The molecule has 2 aromatic carbocycles. The smallest absolute Gasteiger partial charge is 0.272 e. The largest absolute Gasteiger partial charge is 0.494 e. The molecule has 0 spiro atoms. The van der Waals surface area contributed by atoms with Gasteiger partial charge in [0.1, 0.15) is 23.6 Å². The van der Waals surface area contributed by atoms with Crippen molar-refractivity contribution in [2.45, 2.75) is 0 Å². The van der Waals surface area contributed by atoms with Gasteiger partial charge in [0.15, 0.2) is 5.69 Å². The van der Waals surface area contributed by atoms with Gasteiger partial charge in [0, 0.05) is 18.7 Å². The summed E-state index contributed by atoms with van der Waals surface area (Å²) in [6, 6.07) is 9.77. The molecule has 0 unspecified atom stereocenters. The third-order valence-corrected chi connectivity index (χ3v) is 4.26. The van der Waals surface area contributed by atoms with Gasteiger partial charge in [0.25, 0.3) is 17.7 Å². The molecule has 3 aromatic rings. The van der Waals surface area contributed by atoms with E-state index < -0.39 is 23.5 Å². The summed E-state index contributed by atoms with van der Waals surface area (Å²) in [4.78, 5) is 40.2. The summed E-state index contributed by atoms with van der Waals surface area (Å²) >= 11 is 0. The zero-order chi connectivity index (χ0) is 21.8. The van der Waals surface area contributed by atoms with Crippen molar-refractivity contribution in [1.82, 2.24) is 14.9 Å². The number of primary amides is 1. The standard InChI is InChI=1S/C20H18FN5O4/c1-23-20(29)16-17(18(22)27)26(10-24-16)13-7-8-14(15(9-13)30-2)25-19(28)11-3-5-12(21)6-4-11/h3-10H,1-2H3,(H2,22,27)(H,23,29)(H,25,28). The number of nitrogens with one attached hydrogen (secondary N) is 2. The number of anilines is 1. The van der Waals surface area contributed by atoms with E-state index in [4.69, 9.17) is 10.5 Å². The van der Waals surface area contributed by atoms with Gasteiger partial charge in [-0.05, 0) is 36.4 Å². The van der Waals surface area contributed by atoms with Crippen molar-refractivity contribution in [3.05, 3.63) is 71.6 Å². The average Bonchev–Trinajstić information content (AvgIpc) is 3.19. The molecule has 0 atom stereocenters. The number of benzene rings is 2. The highest BCUT2D eigenvalue weighted by atomic mass is 19.1. The minimum Gasteiger partial charge on any atom is -0.494 e. The van der Waals surface area contributed by atoms with E-state index in [2.05, 4.69) is 15.6 Å². The summed E-state index contributed by atoms with van der Waals surface area (Å²) in [6.07, 6.45) is 1.29. The number of methoxy groups -OCH3 is 1. The van der Waals surface area contributed by atoms with Gasteiger partial charge < -0.3 is 21.1 Å². The van der Waals surface area contributed by atoms with Gasteiger partial charge in [-0.2, -0.15) is 0 Å². The van der Waals surface area contributed by atoms with Gasteiger partial charge in [-0.25, -0.2) is 9.37 Å². The molecule has 9 nitrogen and oxygen atoms in total. The van der Waals surface area contributed by atoms with Crippen molar-refractivity contribution in [2.75, 3.05) is 19.5 Å². The van der Waals surface area contributed by atoms with Crippen molar-refractivity contribution in [3.63, 3.8) is 0 Å². The number of rotatable bonds is 6. The van der Waals surface area contributed by atoms with Gasteiger partial charge in [-0.15, -0.1) is 0 Å². The zero-order valence-corrected chi connectivity index (χ0v) is 16.1. The molecule has 3 rings (SSSR count). The Kier molecular flexibility index (Phi) is 5.77. The van der Waals surface area contributed by atoms with Crippen LogP contribution in [0.25, 0.3) is 5.69 Å². The number of carbonyl (C=O) groups is 3. The molecule has 1 heterocycles. The van der Waals surface area contributed by atoms with Crippen LogP contribution in [-0.4, -0.2) is 41.4 Å². The normalized spacial score (nSPS) is 10.4. The Hall–Kier alpha value is -4.21. The molecule has 1 aromatic heterocycles. The van der Waals surface area contributed by atoms with E-state index in [1.54, 1.807) is 18.2 Å². The minimum atomic E-state index is -0.834. The first-order valence-electron chi connectivity index (χ1n) is 8.70. The second-order valence-corrected chi connectivity index (χ2v) is 6.10. The Bertz CT molecular complexity index is 1120. The van der Waals surface area contributed by atoms with Crippen LogP contribution in [0.2, 0.25) is 0 Å². The molecule has 0 bridgehead atoms. The third-order valence-electron chi connectivity index (χ3n) is 4.26. The van der Waals surface area contributed by atoms with E-state index in [0.717, 1.165) is 0 Å². The quantitative estimate of drug-likeness (QED) is 0.569. The third kappa shape index (κ3) is 3.97. The van der Waals surface area contributed by atoms with Crippen LogP contribution < -0.4 is 21.1 Å². The Morgan fingerprint density at radius 3 is 2.40 bits per heavy atom. The number of hydrogen-bond donors (Lipinski definition) is 3. The van der Waals surface area contributed by atoms with Gasteiger partial charge >= 0.3 is 0 Å². The average molecular weight is 411 g/mol. The second-order valence-electron chi connectivity index (χ2n) is 6.10. The van der Waals surface area contributed by atoms with Gasteiger partial charge in [0.05, 0.1) is 18.5 Å². The Labute approximate surface area is 170 Å². The monoisotopic (exact) mass is 411 g/mol. The van der Waals surface area contributed by atoms with Crippen LogP contribution in [0.1, 0.15) is 31.3 Å². The summed E-state index contributed by atoms with van der Waals surface area (Å²) in [6.45, 7) is 0. The fourth-order valence-corrected chi connectivity index (χ4v) is 2.79. The number of nitrogens with zero attached hydrogens (tertiary/aromatic N) is 2. The molecule has 0 fully saturated rings. The number of amides is 3. The van der Waals surface area contributed by atoms with Gasteiger partial charge in [0.2, 0.25) is 0 Å². The molecule has 10 heteroatoms. The molecule has 0 saturated heterocycles. The summed E-state index contributed by atoms with van der Waals surface area (Å²) < 4.78 is 19.7. The molecule has 0 aliphatic heterocycles. The SMILES string of the molecule is CNC(=O)c1ncn(-c2ccc(NC(=O)c3ccc(F)cc3)c(OC)c2)c1C(N)=O. The minimum absolute atomic E-state index is 0.0977. The van der Waals surface area contributed by atoms with E-state index in [-0.39, 0.29) is 22.7 Å². The lowest BCUT2D eigenvalue weighted by Crippen LogP contribution is -2.25. The number of ether oxygens (including phenoxy) is 1. The molecule has 30 heavy (non-hydrogen) atoms. The van der Waals surface area contributed by atoms with Crippen LogP contribution >= 0.6 is 0 Å². The topological polar surface area (TPSA) is 128 Å². The van der Waals surface area contributed by atoms with E-state index in [1.807, 2.05) is 0 Å². The van der Waals surface area contributed by atoms with Crippen molar-refractivity contribution in [3.8, 4) is 11.4 Å². The highest BCUT2D eigenvalue weighted by Crippen LogP contribution is 2.29. The Morgan fingerprint density at radius 1 is 1.10 bits per heavy atom. The molecule has 3 amide bonds. The van der Waals surface area contributed by atoms with Crippen LogP contribution in [0.15, 0.2) is 48.8 Å². The number of imidazole rings is 1. The second kappa shape index (κ2) is 8.43. The van der Waals surface area contributed by atoms with Gasteiger partial charge in [-0.1, -0.05) is 0 Å². The number of nitrogens with two attached hydrogens (primary N) is 1. The first kappa shape index (κ1) is 20.5. The van der Waals surface area contributed by atoms with Crippen molar-refractivity contribution in [1.29, 1.82) is 0 Å². The number of aromatic nitrogens is 2. The number of halogens is 1. The van der Waals surface area contributed by atoms with Crippen LogP contribution in [-0.2, 0) is 0 Å². The molecular weight excluding hydrogens is 393 g/mol. The number of carbonyl (C=O) groups excluding carboxylic acids is 3. The highest BCUT2D eigenvalue weighted by molar-refractivity contribution is 6.06. The first-order valence-corrected chi connectivity index (χ1v) is 8.70. The van der Waals surface area contributed by atoms with E-state index in [9.17, 15) is 18.8 Å². The molecule has 0 saturated carbocycles. The molecular formula is C20H18FN5O4.